The maximum absolute atomic E-state index is 13.6. The number of carbonyl (C=O) groups is 2. The molecule has 38 heavy (non-hydrogen) atoms. The number of carbonyl (C=O) groups excluding carboxylic acids is 2. The lowest BCUT2D eigenvalue weighted by molar-refractivity contribution is -0.132. The topological polar surface area (TPSA) is 114 Å². The molecule has 1 aromatic heterocycles. The minimum absolute atomic E-state index is 0.136. The van der Waals surface area contributed by atoms with Crippen molar-refractivity contribution in [1.29, 1.82) is 0 Å². The summed E-state index contributed by atoms with van der Waals surface area (Å²) in [6.07, 6.45) is 0. The number of Topliss-reactive ketones (excluding diaryl/α,β-unsaturated/α-hetero) is 1. The molecule has 1 saturated heterocycles. The number of amides is 1. The number of hydrogen-bond acceptors (Lipinski definition) is 7. The molecular weight excluding hydrogens is 510 g/mol. The summed E-state index contributed by atoms with van der Waals surface area (Å²) >= 11 is 6.38. The van der Waals surface area contributed by atoms with Gasteiger partial charge in [0.2, 0.25) is 5.95 Å². The summed E-state index contributed by atoms with van der Waals surface area (Å²) in [5.74, 6) is -0.728. The average Bonchev–Trinajstić information content (AvgIpc) is 3.45. The monoisotopic (exact) mass is 533 g/mol. The highest BCUT2D eigenvalue weighted by molar-refractivity contribution is 6.51. The fraction of sp³-hybridized carbons (Fsp3) is 0.179. The molecule has 10 heteroatoms. The van der Waals surface area contributed by atoms with Crippen molar-refractivity contribution in [3.63, 3.8) is 0 Å². The Balaban J connectivity index is 1.77. The smallest absolute Gasteiger partial charge is 0.302 e. The van der Waals surface area contributed by atoms with Crippen molar-refractivity contribution in [2.75, 3.05) is 26.2 Å². The predicted molar refractivity (Wildman–Crippen MR) is 143 cm³/mol. The van der Waals surface area contributed by atoms with Gasteiger partial charge in [0.15, 0.2) is 0 Å². The highest BCUT2D eigenvalue weighted by atomic mass is 35.5. The van der Waals surface area contributed by atoms with Crippen LogP contribution in [0.15, 0.2) is 60.2 Å². The van der Waals surface area contributed by atoms with E-state index in [-0.39, 0.29) is 27.9 Å². The lowest BCUT2D eigenvalue weighted by Gasteiger charge is -2.23. The minimum atomic E-state index is -1.03. The number of anilines is 1. The lowest BCUT2D eigenvalue weighted by Crippen LogP contribution is -2.30. The summed E-state index contributed by atoms with van der Waals surface area (Å²) in [5.41, 5.74) is 2.49. The van der Waals surface area contributed by atoms with E-state index in [1.165, 1.54) is 19.1 Å². The van der Waals surface area contributed by atoms with Crippen molar-refractivity contribution >= 4 is 46.0 Å². The fourth-order valence-corrected chi connectivity index (χ4v) is 5.00. The number of halogens is 1. The van der Waals surface area contributed by atoms with Crippen LogP contribution in [0.1, 0.15) is 22.7 Å². The molecule has 5 rings (SSSR count). The van der Waals surface area contributed by atoms with Gasteiger partial charge in [0, 0.05) is 6.07 Å². The molecule has 1 fully saturated rings. The average molecular weight is 534 g/mol. The highest BCUT2D eigenvalue weighted by Gasteiger charge is 2.48. The second-order valence-corrected chi connectivity index (χ2v) is 9.12. The number of nitrogens with zero attached hydrogens (tertiary/aromatic N) is 2. The Bertz CT molecular complexity index is 1630. The maximum Gasteiger partial charge on any atom is 0.302 e. The number of ketones is 1. The van der Waals surface area contributed by atoms with E-state index in [0.29, 0.717) is 28.1 Å². The summed E-state index contributed by atoms with van der Waals surface area (Å²) < 4.78 is 16.1. The molecule has 1 unspecified atom stereocenters. The molecule has 0 spiro atoms. The standard InChI is InChI=1S/C28H24ClN3O6/c1-14-10-18(26(38-4)19(29)11-14)24(33)22-23(15-6-5-7-16(12-15)36-2)32(27(35)25(22)34)28-30-20-9-8-17(37-3)13-21(20)31-28/h5-13,23,33H,1-4H3,(H,30,31)/b24-22+. The van der Waals surface area contributed by atoms with Gasteiger partial charge in [0.05, 0.1) is 54.6 Å². The van der Waals surface area contributed by atoms with Gasteiger partial charge in [0.25, 0.3) is 5.78 Å². The molecule has 0 bridgehead atoms. The van der Waals surface area contributed by atoms with Crippen molar-refractivity contribution in [1.82, 2.24) is 9.97 Å². The molecule has 1 aliphatic heterocycles. The van der Waals surface area contributed by atoms with Crippen LogP contribution in [-0.2, 0) is 9.59 Å². The molecule has 2 N–H and O–H groups in total. The number of aromatic amines is 1. The van der Waals surface area contributed by atoms with Crippen molar-refractivity contribution in [3.8, 4) is 17.2 Å². The zero-order chi connectivity index (χ0) is 27.1. The van der Waals surface area contributed by atoms with Gasteiger partial charge in [-0.15, -0.1) is 0 Å². The first-order chi connectivity index (χ1) is 18.3. The lowest BCUT2D eigenvalue weighted by atomic mass is 9.94. The van der Waals surface area contributed by atoms with E-state index in [1.807, 2.05) is 0 Å². The van der Waals surface area contributed by atoms with Crippen molar-refractivity contribution in [3.05, 3.63) is 81.9 Å². The van der Waals surface area contributed by atoms with Crippen LogP contribution in [0.3, 0.4) is 0 Å². The van der Waals surface area contributed by atoms with Gasteiger partial charge in [-0.05, 0) is 54.4 Å². The molecule has 4 aromatic rings. The molecule has 194 valence electrons. The normalized spacial score (nSPS) is 16.8. The Morgan fingerprint density at radius 3 is 2.45 bits per heavy atom. The number of H-pyrrole nitrogens is 1. The molecular formula is C28H24ClN3O6. The number of ether oxygens (including phenoxy) is 3. The Kier molecular flexibility index (Phi) is 6.46. The van der Waals surface area contributed by atoms with Gasteiger partial charge in [-0.25, -0.2) is 4.98 Å². The van der Waals surface area contributed by atoms with E-state index in [4.69, 9.17) is 25.8 Å². The van der Waals surface area contributed by atoms with Crippen molar-refractivity contribution < 1.29 is 28.9 Å². The number of aliphatic hydroxyl groups is 1. The Morgan fingerprint density at radius 1 is 1.00 bits per heavy atom. The summed E-state index contributed by atoms with van der Waals surface area (Å²) in [6, 6.07) is 14.4. The van der Waals surface area contributed by atoms with E-state index < -0.39 is 23.5 Å². The van der Waals surface area contributed by atoms with Crippen LogP contribution in [0, 0.1) is 6.92 Å². The number of aliphatic hydroxyl groups excluding tert-OH is 1. The zero-order valence-electron chi connectivity index (χ0n) is 21.0. The van der Waals surface area contributed by atoms with E-state index in [0.717, 1.165) is 5.56 Å². The number of methoxy groups -OCH3 is 3. The zero-order valence-corrected chi connectivity index (χ0v) is 21.8. The highest BCUT2D eigenvalue weighted by Crippen LogP contribution is 2.44. The Morgan fingerprint density at radius 2 is 1.74 bits per heavy atom. The molecule has 1 amide bonds. The molecule has 2 heterocycles. The van der Waals surface area contributed by atoms with Crippen LogP contribution in [0.4, 0.5) is 5.95 Å². The van der Waals surface area contributed by atoms with Crippen LogP contribution in [0.25, 0.3) is 16.8 Å². The van der Waals surface area contributed by atoms with Gasteiger partial charge in [-0.3, -0.25) is 14.5 Å². The second kappa shape index (κ2) is 9.75. The molecule has 0 saturated carbocycles. The summed E-state index contributed by atoms with van der Waals surface area (Å²) in [4.78, 5) is 36.0. The first-order valence-corrected chi connectivity index (χ1v) is 12.0. The third kappa shape index (κ3) is 4.10. The van der Waals surface area contributed by atoms with Crippen LogP contribution in [0.5, 0.6) is 17.2 Å². The first-order valence-electron chi connectivity index (χ1n) is 11.6. The first kappa shape index (κ1) is 25.2. The molecule has 1 atom stereocenters. The van der Waals surface area contributed by atoms with Crippen LogP contribution in [-0.4, -0.2) is 48.1 Å². The van der Waals surface area contributed by atoms with E-state index in [1.54, 1.807) is 68.6 Å². The largest absolute Gasteiger partial charge is 0.507 e. The van der Waals surface area contributed by atoms with Crippen molar-refractivity contribution in [2.24, 2.45) is 0 Å². The van der Waals surface area contributed by atoms with Gasteiger partial charge in [-0.2, -0.15) is 0 Å². The van der Waals surface area contributed by atoms with Gasteiger partial charge < -0.3 is 24.3 Å². The predicted octanol–water partition coefficient (Wildman–Crippen LogP) is 5.18. The molecule has 3 aromatic carbocycles. The molecule has 9 nitrogen and oxygen atoms in total. The summed E-state index contributed by atoms with van der Waals surface area (Å²) in [6.45, 7) is 1.79. The van der Waals surface area contributed by atoms with Gasteiger partial charge >= 0.3 is 5.91 Å². The summed E-state index contributed by atoms with van der Waals surface area (Å²) in [5, 5.41) is 11.8. The van der Waals surface area contributed by atoms with E-state index >= 15 is 0 Å². The number of benzene rings is 3. The third-order valence-corrected chi connectivity index (χ3v) is 6.69. The van der Waals surface area contributed by atoms with Crippen molar-refractivity contribution in [2.45, 2.75) is 13.0 Å². The molecule has 0 aliphatic carbocycles. The molecule has 1 aliphatic rings. The molecule has 0 radical (unpaired) electrons. The van der Waals surface area contributed by atoms with Gasteiger partial charge in [0.1, 0.15) is 23.0 Å². The van der Waals surface area contributed by atoms with Crippen LogP contribution < -0.4 is 19.1 Å². The summed E-state index contributed by atoms with van der Waals surface area (Å²) in [7, 11) is 4.47. The Labute approximate surface area is 223 Å². The third-order valence-electron chi connectivity index (χ3n) is 6.41. The van der Waals surface area contributed by atoms with E-state index in [2.05, 4.69) is 9.97 Å². The second-order valence-electron chi connectivity index (χ2n) is 8.72. The quantitative estimate of drug-likeness (QED) is 0.199. The van der Waals surface area contributed by atoms with Gasteiger partial charge in [-0.1, -0.05) is 23.7 Å². The number of aryl methyl sites for hydroxylation is 1. The number of rotatable bonds is 6. The van der Waals surface area contributed by atoms with E-state index in [9.17, 15) is 14.7 Å². The number of imidazole rings is 1. The minimum Gasteiger partial charge on any atom is -0.507 e. The maximum atomic E-state index is 13.6. The van der Waals surface area contributed by atoms with Crippen LogP contribution >= 0.6 is 11.6 Å². The van der Waals surface area contributed by atoms with Crippen LogP contribution in [0.2, 0.25) is 5.02 Å². The Hall–Kier alpha value is -4.50. The number of nitrogens with one attached hydrogen (secondary N) is 1. The number of aromatic nitrogens is 2. The fourth-order valence-electron chi connectivity index (χ4n) is 4.65. The number of hydrogen-bond donors (Lipinski definition) is 2. The SMILES string of the molecule is COc1cccc(C2/C(=C(\O)c3cc(C)cc(Cl)c3OC)C(=O)C(=O)N2c2nc3ccc(OC)cc3[nH]2)c1. The number of fused-ring (bicyclic) bond motifs is 1.